The number of ether oxygens (including phenoxy) is 1. The Kier molecular flexibility index (Phi) is 4.27. The standard InChI is InChI=1S/C13H14N4O4/c1-8(12(19)14-7-11(18)21-2)17-13(20)9-5-3-4-6-10(9)15-16-17/h3-6,8H,7H2,1-2H3,(H,14,19)/t8-/m1/s1. The lowest BCUT2D eigenvalue weighted by Crippen LogP contribution is -2.39. The Balaban J connectivity index is 2.25. The largest absolute Gasteiger partial charge is 0.468 e. The van der Waals surface area contributed by atoms with Crippen molar-refractivity contribution in [1.82, 2.24) is 20.3 Å². The molecule has 1 N–H and O–H groups in total. The second-order valence-electron chi connectivity index (χ2n) is 4.33. The highest BCUT2D eigenvalue weighted by atomic mass is 16.5. The van der Waals surface area contributed by atoms with Crippen LogP contribution in [0.4, 0.5) is 0 Å². The maximum atomic E-state index is 12.3. The van der Waals surface area contributed by atoms with Gasteiger partial charge in [0.2, 0.25) is 5.91 Å². The molecule has 2 rings (SSSR count). The first-order chi connectivity index (χ1) is 10.0. The van der Waals surface area contributed by atoms with Crippen LogP contribution in [0.1, 0.15) is 13.0 Å². The van der Waals surface area contributed by atoms with E-state index in [-0.39, 0.29) is 6.54 Å². The number of amides is 1. The topological polar surface area (TPSA) is 103 Å². The molecular weight excluding hydrogens is 276 g/mol. The number of hydrogen-bond donors (Lipinski definition) is 1. The van der Waals surface area contributed by atoms with Gasteiger partial charge in [-0.3, -0.25) is 14.4 Å². The van der Waals surface area contributed by atoms with Crippen LogP contribution in [-0.2, 0) is 14.3 Å². The van der Waals surface area contributed by atoms with E-state index in [0.29, 0.717) is 10.9 Å². The smallest absolute Gasteiger partial charge is 0.325 e. The van der Waals surface area contributed by atoms with Crippen LogP contribution >= 0.6 is 0 Å². The summed E-state index contributed by atoms with van der Waals surface area (Å²) in [4.78, 5) is 35.1. The predicted molar refractivity (Wildman–Crippen MR) is 73.5 cm³/mol. The van der Waals surface area contributed by atoms with E-state index in [4.69, 9.17) is 0 Å². The number of nitrogens with one attached hydrogen (secondary N) is 1. The van der Waals surface area contributed by atoms with Gasteiger partial charge in [0.05, 0.1) is 12.5 Å². The Morgan fingerprint density at radius 3 is 2.81 bits per heavy atom. The fourth-order valence-electron chi connectivity index (χ4n) is 1.75. The van der Waals surface area contributed by atoms with Gasteiger partial charge in [0.25, 0.3) is 5.56 Å². The number of fused-ring (bicyclic) bond motifs is 1. The zero-order chi connectivity index (χ0) is 15.4. The summed E-state index contributed by atoms with van der Waals surface area (Å²) < 4.78 is 5.40. The van der Waals surface area contributed by atoms with E-state index >= 15 is 0 Å². The Labute approximate surface area is 119 Å². The molecule has 0 saturated heterocycles. The van der Waals surface area contributed by atoms with Crippen molar-refractivity contribution in [2.75, 3.05) is 13.7 Å². The maximum absolute atomic E-state index is 12.3. The highest BCUT2D eigenvalue weighted by Crippen LogP contribution is 2.06. The Bertz CT molecular complexity index is 740. The summed E-state index contributed by atoms with van der Waals surface area (Å²) >= 11 is 0. The number of rotatable bonds is 4. The first-order valence-electron chi connectivity index (χ1n) is 6.23. The van der Waals surface area contributed by atoms with Gasteiger partial charge in [-0.05, 0) is 19.1 Å². The third-order valence-electron chi connectivity index (χ3n) is 2.97. The minimum atomic E-state index is -0.890. The van der Waals surface area contributed by atoms with Gasteiger partial charge in [0, 0.05) is 0 Å². The van der Waals surface area contributed by atoms with Crippen molar-refractivity contribution >= 4 is 22.8 Å². The zero-order valence-corrected chi connectivity index (χ0v) is 11.6. The molecule has 0 saturated carbocycles. The van der Waals surface area contributed by atoms with Crippen molar-refractivity contribution in [3.8, 4) is 0 Å². The maximum Gasteiger partial charge on any atom is 0.325 e. The van der Waals surface area contributed by atoms with Crippen molar-refractivity contribution in [3.63, 3.8) is 0 Å². The fourth-order valence-corrected chi connectivity index (χ4v) is 1.75. The number of nitrogens with zero attached hydrogens (tertiary/aromatic N) is 3. The van der Waals surface area contributed by atoms with Crippen molar-refractivity contribution < 1.29 is 14.3 Å². The van der Waals surface area contributed by atoms with Gasteiger partial charge < -0.3 is 10.1 Å². The molecule has 8 heteroatoms. The van der Waals surface area contributed by atoms with Crippen LogP contribution in [0.25, 0.3) is 10.9 Å². The highest BCUT2D eigenvalue weighted by molar-refractivity contribution is 5.84. The molecule has 0 radical (unpaired) electrons. The summed E-state index contributed by atoms with van der Waals surface area (Å²) in [7, 11) is 1.22. The van der Waals surface area contributed by atoms with Gasteiger partial charge in [-0.2, -0.15) is 4.68 Å². The normalized spacial score (nSPS) is 11.9. The van der Waals surface area contributed by atoms with E-state index < -0.39 is 23.5 Å². The molecule has 1 aromatic heterocycles. The van der Waals surface area contributed by atoms with Gasteiger partial charge in [-0.1, -0.05) is 17.3 Å². The van der Waals surface area contributed by atoms with Gasteiger partial charge in [0.1, 0.15) is 18.1 Å². The molecule has 1 amide bonds. The molecule has 0 bridgehead atoms. The first kappa shape index (κ1) is 14.6. The molecule has 1 atom stereocenters. The number of carbonyl (C=O) groups excluding carboxylic acids is 2. The van der Waals surface area contributed by atoms with Crippen LogP contribution < -0.4 is 10.9 Å². The van der Waals surface area contributed by atoms with E-state index in [9.17, 15) is 14.4 Å². The third kappa shape index (κ3) is 3.04. The molecule has 8 nitrogen and oxygen atoms in total. The molecule has 110 valence electrons. The number of carbonyl (C=O) groups is 2. The zero-order valence-electron chi connectivity index (χ0n) is 11.6. The van der Waals surface area contributed by atoms with E-state index in [1.807, 2.05) is 0 Å². The lowest BCUT2D eigenvalue weighted by atomic mass is 10.2. The minimum Gasteiger partial charge on any atom is -0.468 e. The van der Waals surface area contributed by atoms with E-state index in [2.05, 4.69) is 20.4 Å². The molecule has 1 aromatic carbocycles. The lowest BCUT2D eigenvalue weighted by molar-refractivity contribution is -0.141. The van der Waals surface area contributed by atoms with E-state index in [0.717, 1.165) is 4.68 Å². The second kappa shape index (κ2) is 6.12. The van der Waals surface area contributed by atoms with E-state index in [1.165, 1.54) is 14.0 Å². The molecule has 0 aliphatic rings. The van der Waals surface area contributed by atoms with Gasteiger partial charge in [-0.25, -0.2) is 0 Å². The second-order valence-corrected chi connectivity index (χ2v) is 4.33. The van der Waals surface area contributed by atoms with Crippen molar-refractivity contribution in [1.29, 1.82) is 0 Å². The number of aromatic nitrogens is 3. The SMILES string of the molecule is COC(=O)CNC(=O)[C@@H](C)n1nnc2ccccc2c1=O. The summed E-state index contributed by atoms with van der Waals surface area (Å²) in [5, 5.41) is 10.4. The Morgan fingerprint density at radius 2 is 2.10 bits per heavy atom. The molecule has 2 aromatic rings. The number of hydrogen-bond acceptors (Lipinski definition) is 6. The molecule has 0 aliphatic heterocycles. The average Bonchev–Trinajstić information content (AvgIpc) is 2.52. The monoisotopic (exact) mass is 290 g/mol. The summed E-state index contributed by atoms with van der Waals surface area (Å²) in [6, 6.07) is 5.84. The number of benzene rings is 1. The van der Waals surface area contributed by atoms with Crippen molar-refractivity contribution in [2.24, 2.45) is 0 Å². The summed E-state index contributed by atoms with van der Waals surface area (Å²) in [5.41, 5.74) is 0.0437. The number of methoxy groups -OCH3 is 1. The first-order valence-corrected chi connectivity index (χ1v) is 6.23. The molecule has 0 fully saturated rings. The summed E-state index contributed by atoms with van der Waals surface area (Å²) in [6.07, 6.45) is 0. The number of esters is 1. The lowest BCUT2D eigenvalue weighted by Gasteiger charge is -2.13. The average molecular weight is 290 g/mol. The van der Waals surface area contributed by atoms with Crippen LogP contribution in [0, 0.1) is 0 Å². The Hall–Kier alpha value is -2.77. The predicted octanol–water partition coefficient (Wildman–Crippen LogP) is -0.358. The summed E-state index contributed by atoms with van der Waals surface area (Å²) in [6.45, 7) is 1.23. The molecule has 0 aliphatic carbocycles. The Morgan fingerprint density at radius 1 is 1.38 bits per heavy atom. The highest BCUT2D eigenvalue weighted by Gasteiger charge is 2.19. The fraction of sp³-hybridized carbons (Fsp3) is 0.308. The van der Waals surface area contributed by atoms with Gasteiger partial charge >= 0.3 is 5.97 Å². The molecule has 21 heavy (non-hydrogen) atoms. The van der Waals surface area contributed by atoms with Crippen LogP contribution in [0.2, 0.25) is 0 Å². The minimum absolute atomic E-state index is 0.268. The summed E-state index contributed by atoms with van der Waals surface area (Å²) in [5.74, 6) is -1.10. The van der Waals surface area contributed by atoms with Gasteiger partial charge in [-0.15, -0.1) is 5.10 Å². The molecule has 0 spiro atoms. The van der Waals surface area contributed by atoms with Crippen LogP contribution in [0.5, 0.6) is 0 Å². The van der Waals surface area contributed by atoms with Gasteiger partial charge in [0.15, 0.2) is 0 Å². The van der Waals surface area contributed by atoms with Crippen LogP contribution in [0.3, 0.4) is 0 Å². The van der Waals surface area contributed by atoms with Crippen molar-refractivity contribution in [2.45, 2.75) is 13.0 Å². The quantitative estimate of drug-likeness (QED) is 0.771. The molecular formula is C13H14N4O4. The third-order valence-corrected chi connectivity index (χ3v) is 2.97. The van der Waals surface area contributed by atoms with Crippen LogP contribution in [0.15, 0.2) is 29.1 Å². The van der Waals surface area contributed by atoms with E-state index in [1.54, 1.807) is 24.3 Å². The molecule has 1 heterocycles. The van der Waals surface area contributed by atoms with Crippen molar-refractivity contribution in [3.05, 3.63) is 34.6 Å². The van der Waals surface area contributed by atoms with Crippen LogP contribution in [-0.4, -0.2) is 40.5 Å². The molecule has 0 unspecified atom stereocenters.